The lowest BCUT2D eigenvalue weighted by atomic mass is 10.0. The zero-order valence-corrected chi connectivity index (χ0v) is 6.62. The summed E-state index contributed by atoms with van der Waals surface area (Å²) in [4.78, 5) is 0. The summed E-state index contributed by atoms with van der Waals surface area (Å²) in [5.74, 6) is 0.325. The van der Waals surface area contributed by atoms with Gasteiger partial charge in [0.2, 0.25) is 0 Å². The second kappa shape index (κ2) is 2.35. The Morgan fingerprint density at radius 1 is 1.36 bits per heavy atom. The van der Waals surface area contributed by atoms with Crippen LogP contribution in [0.25, 0.3) is 0 Å². The molecular weight excluding hydrogens is 136 g/mol. The molecule has 0 heterocycles. The van der Waals surface area contributed by atoms with Crippen molar-refractivity contribution in [3.8, 4) is 0 Å². The van der Waals surface area contributed by atoms with Crippen LogP contribution in [0.1, 0.15) is 24.0 Å². The maximum absolute atomic E-state index is 9.52. The van der Waals surface area contributed by atoms with Gasteiger partial charge in [-0.15, -0.1) is 0 Å². The SMILES string of the molecule is C[C@H]1c2ccccc2C[C@@H]1O. The van der Waals surface area contributed by atoms with Crippen molar-refractivity contribution in [1.82, 2.24) is 0 Å². The van der Waals surface area contributed by atoms with Gasteiger partial charge in [0.1, 0.15) is 0 Å². The van der Waals surface area contributed by atoms with E-state index in [9.17, 15) is 5.11 Å². The van der Waals surface area contributed by atoms with Gasteiger partial charge in [-0.3, -0.25) is 0 Å². The van der Waals surface area contributed by atoms with Gasteiger partial charge in [0.05, 0.1) is 6.10 Å². The molecule has 0 aliphatic heterocycles. The van der Waals surface area contributed by atoms with Gasteiger partial charge in [-0.2, -0.15) is 0 Å². The quantitative estimate of drug-likeness (QED) is 0.593. The van der Waals surface area contributed by atoms with E-state index >= 15 is 0 Å². The molecule has 1 aromatic carbocycles. The minimum atomic E-state index is -0.160. The molecule has 0 fully saturated rings. The van der Waals surface area contributed by atoms with E-state index in [-0.39, 0.29) is 6.10 Å². The Hall–Kier alpha value is -0.820. The monoisotopic (exact) mass is 148 g/mol. The van der Waals surface area contributed by atoms with Crippen molar-refractivity contribution in [1.29, 1.82) is 0 Å². The van der Waals surface area contributed by atoms with Crippen molar-refractivity contribution in [3.05, 3.63) is 35.4 Å². The minimum absolute atomic E-state index is 0.160. The first-order valence-electron chi connectivity index (χ1n) is 4.05. The van der Waals surface area contributed by atoms with Gasteiger partial charge in [-0.25, -0.2) is 0 Å². The molecule has 0 bridgehead atoms. The number of fused-ring (bicyclic) bond motifs is 1. The number of rotatable bonds is 0. The van der Waals surface area contributed by atoms with E-state index in [1.807, 2.05) is 12.1 Å². The number of hydrogen-bond acceptors (Lipinski definition) is 1. The molecular formula is C10H12O. The largest absolute Gasteiger partial charge is 0.392 e. The highest BCUT2D eigenvalue weighted by molar-refractivity contribution is 5.36. The second-order valence-electron chi connectivity index (χ2n) is 3.26. The molecule has 2 atom stereocenters. The Balaban J connectivity index is 2.47. The molecule has 1 nitrogen and oxygen atoms in total. The van der Waals surface area contributed by atoms with Crippen molar-refractivity contribution < 1.29 is 5.11 Å². The fourth-order valence-corrected chi connectivity index (χ4v) is 1.77. The molecule has 0 aromatic heterocycles. The van der Waals surface area contributed by atoms with E-state index in [1.54, 1.807) is 0 Å². The molecule has 1 aliphatic rings. The fourth-order valence-electron chi connectivity index (χ4n) is 1.77. The lowest BCUT2D eigenvalue weighted by Gasteiger charge is -2.07. The van der Waals surface area contributed by atoms with Gasteiger partial charge >= 0.3 is 0 Å². The molecule has 11 heavy (non-hydrogen) atoms. The minimum Gasteiger partial charge on any atom is -0.392 e. The highest BCUT2D eigenvalue weighted by Crippen LogP contribution is 2.32. The molecule has 0 radical (unpaired) electrons. The predicted octanol–water partition coefficient (Wildman–Crippen LogP) is 1.71. The summed E-state index contributed by atoms with van der Waals surface area (Å²) < 4.78 is 0. The number of hydrogen-bond donors (Lipinski definition) is 1. The zero-order chi connectivity index (χ0) is 7.84. The van der Waals surface area contributed by atoms with E-state index < -0.39 is 0 Å². The number of aliphatic hydroxyl groups excluding tert-OH is 1. The molecule has 0 amide bonds. The smallest absolute Gasteiger partial charge is 0.0646 e. The highest BCUT2D eigenvalue weighted by atomic mass is 16.3. The summed E-state index contributed by atoms with van der Waals surface area (Å²) in [7, 11) is 0. The Morgan fingerprint density at radius 3 is 2.82 bits per heavy atom. The molecule has 1 N–H and O–H groups in total. The van der Waals surface area contributed by atoms with Crippen LogP contribution in [0.15, 0.2) is 24.3 Å². The van der Waals surface area contributed by atoms with Gasteiger partial charge in [0, 0.05) is 5.92 Å². The van der Waals surface area contributed by atoms with E-state index in [1.165, 1.54) is 11.1 Å². The predicted molar refractivity (Wildman–Crippen MR) is 44.6 cm³/mol. The Labute approximate surface area is 66.7 Å². The third kappa shape index (κ3) is 0.962. The van der Waals surface area contributed by atoms with Crippen molar-refractivity contribution in [2.45, 2.75) is 25.4 Å². The highest BCUT2D eigenvalue weighted by Gasteiger charge is 2.26. The number of benzene rings is 1. The van der Waals surface area contributed by atoms with Gasteiger partial charge in [-0.05, 0) is 17.5 Å². The third-order valence-electron chi connectivity index (χ3n) is 2.55. The molecule has 0 saturated carbocycles. The van der Waals surface area contributed by atoms with Crippen LogP contribution in [0.4, 0.5) is 0 Å². The molecule has 0 spiro atoms. The lowest BCUT2D eigenvalue weighted by molar-refractivity contribution is 0.163. The molecule has 2 rings (SSSR count). The first-order chi connectivity index (χ1) is 5.29. The molecule has 1 aliphatic carbocycles. The van der Waals surface area contributed by atoms with Crippen LogP contribution in [-0.4, -0.2) is 11.2 Å². The van der Waals surface area contributed by atoms with Gasteiger partial charge in [0.15, 0.2) is 0 Å². The topological polar surface area (TPSA) is 20.2 Å². The van der Waals surface area contributed by atoms with E-state index in [4.69, 9.17) is 0 Å². The van der Waals surface area contributed by atoms with Crippen LogP contribution in [0, 0.1) is 0 Å². The van der Waals surface area contributed by atoms with E-state index in [0.717, 1.165) is 6.42 Å². The molecule has 0 unspecified atom stereocenters. The Bertz CT molecular complexity index is 267. The fraction of sp³-hybridized carbons (Fsp3) is 0.400. The summed E-state index contributed by atoms with van der Waals surface area (Å²) in [5, 5.41) is 9.52. The summed E-state index contributed by atoms with van der Waals surface area (Å²) in [6.07, 6.45) is 0.671. The van der Waals surface area contributed by atoms with Crippen molar-refractivity contribution in [2.24, 2.45) is 0 Å². The summed E-state index contributed by atoms with van der Waals surface area (Å²) in [6, 6.07) is 8.27. The number of aliphatic hydroxyl groups is 1. The average Bonchev–Trinajstić information content (AvgIpc) is 2.30. The maximum atomic E-state index is 9.52. The molecule has 1 aromatic rings. The normalized spacial score (nSPS) is 28.5. The Morgan fingerprint density at radius 2 is 2.09 bits per heavy atom. The van der Waals surface area contributed by atoms with Crippen LogP contribution in [-0.2, 0) is 6.42 Å². The van der Waals surface area contributed by atoms with Crippen LogP contribution in [0.2, 0.25) is 0 Å². The van der Waals surface area contributed by atoms with Gasteiger partial charge in [0.25, 0.3) is 0 Å². The summed E-state index contributed by atoms with van der Waals surface area (Å²) >= 11 is 0. The van der Waals surface area contributed by atoms with Crippen LogP contribution >= 0.6 is 0 Å². The lowest BCUT2D eigenvalue weighted by Crippen LogP contribution is -2.09. The van der Waals surface area contributed by atoms with E-state index in [0.29, 0.717) is 5.92 Å². The van der Waals surface area contributed by atoms with Crippen LogP contribution in [0.3, 0.4) is 0 Å². The van der Waals surface area contributed by atoms with Crippen molar-refractivity contribution in [2.75, 3.05) is 0 Å². The maximum Gasteiger partial charge on any atom is 0.0646 e. The first-order valence-corrected chi connectivity index (χ1v) is 4.05. The molecule has 1 heteroatoms. The first kappa shape index (κ1) is 6.86. The van der Waals surface area contributed by atoms with Crippen molar-refractivity contribution in [3.63, 3.8) is 0 Å². The van der Waals surface area contributed by atoms with Crippen molar-refractivity contribution >= 4 is 0 Å². The third-order valence-corrected chi connectivity index (χ3v) is 2.55. The van der Waals surface area contributed by atoms with E-state index in [2.05, 4.69) is 19.1 Å². The Kier molecular flexibility index (Phi) is 1.46. The van der Waals surface area contributed by atoms with Crippen LogP contribution < -0.4 is 0 Å². The van der Waals surface area contributed by atoms with Gasteiger partial charge < -0.3 is 5.11 Å². The average molecular weight is 148 g/mol. The van der Waals surface area contributed by atoms with Gasteiger partial charge in [-0.1, -0.05) is 31.2 Å². The summed E-state index contributed by atoms with van der Waals surface area (Å²) in [6.45, 7) is 2.08. The standard InChI is InChI=1S/C10H12O/c1-7-9-5-3-2-4-8(9)6-10(7)11/h2-5,7,10-11H,6H2,1H3/t7-,10-/m0/s1. The summed E-state index contributed by atoms with van der Waals surface area (Å²) in [5.41, 5.74) is 2.63. The van der Waals surface area contributed by atoms with Crippen LogP contribution in [0.5, 0.6) is 0 Å². The molecule has 0 saturated heterocycles. The second-order valence-corrected chi connectivity index (χ2v) is 3.26. The molecule has 58 valence electrons. The zero-order valence-electron chi connectivity index (χ0n) is 6.62.